The number of nitrogens with zero attached hydrogens (tertiary/aromatic N) is 1. The van der Waals surface area contributed by atoms with Crippen molar-refractivity contribution in [1.29, 1.82) is 0 Å². The summed E-state index contributed by atoms with van der Waals surface area (Å²) in [6.07, 6.45) is 1.66. The predicted octanol–water partition coefficient (Wildman–Crippen LogP) is 6.37. The van der Waals surface area contributed by atoms with Crippen molar-refractivity contribution >= 4 is 27.6 Å². The molecule has 0 bridgehead atoms. The molecule has 0 fully saturated rings. The third kappa shape index (κ3) is 5.76. The van der Waals surface area contributed by atoms with Gasteiger partial charge < -0.3 is 10.8 Å². The van der Waals surface area contributed by atoms with Gasteiger partial charge in [-0.25, -0.2) is 21.9 Å². The fourth-order valence-corrected chi connectivity index (χ4v) is 5.64. The van der Waals surface area contributed by atoms with E-state index in [0.717, 1.165) is 15.4 Å². The largest absolute Gasteiger partial charge is 0.478 e. The highest BCUT2D eigenvalue weighted by molar-refractivity contribution is 7.89. The number of hydrogen-bond donors (Lipinski definition) is 2. The van der Waals surface area contributed by atoms with E-state index >= 15 is 0 Å². The maximum atomic E-state index is 14.3. The zero-order valence-electron chi connectivity index (χ0n) is 21.2. The molecule has 8 heteroatoms. The fourth-order valence-electron chi connectivity index (χ4n) is 4.19. The van der Waals surface area contributed by atoms with Gasteiger partial charge in [-0.05, 0) is 65.1 Å². The molecule has 0 aromatic heterocycles. The molecule has 198 valence electrons. The number of allylic oxidation sites excluding steroid dienone is 1. The van der Waals surface area contributed by atoms with Crippen molar-refractivity contribution in [3.05, 3.63) is 138 Å². The van der Waals surface area contributed by atoms with E-state index in [1.165, 1.54) is 30.3 Å². The molecule has 0 aliphatic heterocycles. The van der Waals surface area contributed by atoms with Crippen molar-refractivity contribution in [3.63, 3.8) is 0 Å². The topological polar surface area (TPSA) is 101 Å². The molecule has 0 amide bonds. The van der Waals surface area contributed by atoms with Gasteiger partial charge in [-0.3, -0.25) is 0 Å². The van der Waals surface area contributed by atoms with Crippen LogP contribution in [0.25, 0.3) is 22.8 Å². The van der Waals surface area contributed by atoms with Gasteiger partial charge in [0.25, 0.3) is 10.0 Å². The van der Waals surface area contributed by atoms with E-state index < -0.39 is 16.0 Å². The Labute approximate surface area is 227 Å². The van der Waals surface area contributed by atoms with Gasteiger partial charge in [-0.15, -0.1) is 0 Å². The number of hydrogen-bond acceptors (Lipinski definition) is 4. The number of carboxylic acid groups (broad SMARTS) is 1. The first-order valence-electron chi connectivity index (χ1n) is 12.0. The Hall–Kier alpha value is -4.69. The van der Waals surface area contributed by atoms with Crippen molar-refractivity contribution in [2.24, 2.45) is 5.73 Å². The summed E-state index contributed by atoms with van der Waals surface area (Å²) < 4.78 is 43.1. The number of aromatic carboxylic acids is 1. The van der Waals surface area contributed by atoms with Crippen LogP contribution in [-0.2, 0) is 16.6 Å². The summed E-state index contributed by atoms with van der Waals surface area (Å²) in [6.45, 7) is 5.45. The van der Waals surface area contributed by atoms with Crippen molar-refractivity contribution in [1.82, 2.24) is 4.31 Å². The lowest BCUT2D eigenvalue weighted by Gasteiger charge is -2.27. The number of benzene rings is 4. The average Bonchev–Trinajstić information content (AvgIpc) is 2.95. The lowest BCUT2D eigenvalue weighted by molar-refractivity contribution is 0.0696. The second kappa shape index (κ2) is 11.4. The fraction of sp³-hybridized carbons (Fsp3) is 0.0645. The standard InChI is InChI=1S/C31H27FN2O4S/c1-3-23-8-4-5-9-27(23)21(2)30(33)34(39(37,38)26-18-16-25(17-19-26)31(35)36)20-22-12-14-24(15-13-22)28-10-6-7-11-29(28)32/h3-19H,1,20,33H2,2H3,(H,35,36)/b30-21+. The Balaban J connectivity index is 1.79. The van der Waals surface area contributed by atoms with Crippen molar-refractivity contribution in [2.75, 3.05) is 0 Å². The Morgan fingerprint density at radius 3 is 2.18 bits per heavy atom. The van der Waals surface area contributed by atoms with Crippen molar-refractivity contribution in [3.8, 4) is 11.1 Å². The lowest BCUT2D eigenvalue weighted by Crippen LogP contribution is -2.34. The first kappa shape index (κ1) is 27.3. The number of carbonyl (C=O) groups is 1. The minimum atomic E-state index is -4.21. The highest BCUT2D eigenvalue weighted by Gasteiger charge is 2.28. The van der Waals surface area contributed by atoms with Gasteiger partial charge in [0.15, 0.2) is 0 Å². The second-order valence-electron chi connectivity index (χ2n) is 8.82. The Kier molecular flexibility index (Phi) is 7.97. The monoisotopic (exact) mass is 542 g/mol. The van der Waals surface area contributed by atoms with Crippen LogP contribution in [0.15, 0.2) is 114 Å². The minimum Gasteiger partial charge on any atom is -0.478 e. The van der Waals surface area contributed by atoms with Crippen LogP contribution in [0.4, 0.5) is 4.39 Å². The van der Waals surface area contributed by atoms with E-state index in [4.69, 9.17) is 5.73 Å². The quantitative estimate of drug-likeness (QED) is 0.256. The van der Waals surface area contributed by atoms with E-state index in [1.54, 1.807) is 55.5 Å². The molecule has 4 rings (SSSR count). The highest BCUT2D eigenvalue weighted by atomic mass is 32.2. The molecular weight excluding hydrogens is 515 g/mol. The van der Waals surface area contributed by atoms with Crippen molar-refractivity contribution < 1.29 is 22.7 Å². The van der Waals surface area contributed by atoms with Gasteiger partial charge in [-0.2, -0.15) is 0 Å². The molecule has 0 radical (unpaired) electrons. The van der Waals surface area contributed by atoms with Gasteiger partial charge in [-0.1, -0.05) is 79.4 Å². The molecule has 0 unspecified atom stereocenters. The van der Waals surface area contributed by atoms with Crippen LogP contribution in [0.5, 0.6) is 0 Å². The third-order valence-corrected chi connectivity index (χ3v) is 8.17. The van der Waals surface area contributed by atoms with Crippen LogP contribution in [0.2, 0.25) is 0 Å². The predicted molar refractivity (Wildman–Crippen MR) is 151 cm³/mol. The van der Waals surface area contributed by atoms with Crippen LogP contribution >= 0.6 is 0 Å². The molecule has 4 aromatic rings. The number of rotatable bonds is 9. The highest BCUT2D eigenvalue weighted by Crippen LogP contribution is 2.29. The molecule has 3 N–H and O–H groups in total. The molecule has 0 atom stereocenters. The lowest BCUT2D eigenvalue weighted by atomic mass is 10.0. The maximum absolute atomic E-state index is 14.3. The Morgan fingerprint density at radius 1 is 0.949 bits per heavy atom. The number of carboxylic acids is 1. The van der Waals surface area contributed by atoms with Crippen LogP contribution in [0, 0.1) is 5.82 Å². The van der Waals surface area contributed by atoms with Gasteiger partial charge in [0.05, 0.1) is 17.0 Å². The Bertz CT molecular complexity index is 1660. The van der Waals surface area contributed by atoms with Crippen LogP contribution < -0.4 is 5.73 Å². The van der Waals surface area contributed by atoms with E-state index in [-0.39, 0.29) is 28.6 Å². The van der Waals surface area contributed by atoms with Crippen LogP contribution in [0.1, 0.15) is 34.0 Å². The first-order chi connectivity index (χ1) is 18.6. The number of halogens is 1. The molecule has 0 saturated carbocycles. The van der Waals surface area contributed by atoms with Gasteiger partial charge >= 0.3 is 5.97 Å². The Morgan fingerprint density at radius 2 is 1.56 bits per heavy atom. The molecule has 6 nitrogen and oxygen atoms in total. The summed E-state index contributed by atoms with van der Waals surface area (Å²) >= 11 is 0. The molecule has 0 spiro atoms. The van der Waals surface area contributed by atoms with E-state index in [1.807, 2.05) is 24.3 Å². The maximum Gasteiger partial charge on any atom is 0.335 e. The smallest absolute Gasteiger partial charge is 0.335 e. The summed E-state index contributed by atoms with van der Waals surface area (Å²) in [5, 5.41) is 9.22. The second-order valence-corrected chi connectivity index (χ2v) is 10.7. The average molecular weight is 543 g/mol. The zero-order valence-corrected chi connectivity index (χ0v) is 22.0. The normalized spacial score (nSPS) is 11.9. The van der Waals surface area contributed by atoms with Crippen LogP contribution in [-0.4, -0.2) is 23.8 Å². The van der Waals surface area contributed by atoms with E-state index in [2.05, 4.69) is 6.58 Å². The summed E-state index contributed by atoms with van der Waals surface area (Å²) in [5.41, 5.74) is 10.3. The van der Waals surface area contributed by atoms with Gasteiger partial charge in [0.2, 0.25) is 0 Å². The van der Waals surface area contributed by atoms with Crippen molar-refractivity contribution in [2.45, 2.75) is 18.4 Å². The summed E-state index contributed by atoms with van der Waals surface area (Å²) in [7, 11) is -4.21. The number of sulfonamides is 1. The molecule has 39 heavy (non-hydrogen) atoms. The molecule has 4 aromatic carbocycles. The molecule has 0 saturated heterocycles. The SMILES string of the molecule is C=Cc1ccccc1/C(C)=C(\N)N(Cc1ccc(-c2ccccc2F)cc1)S(=O)(=O)c1ccc(C(=O)O)cc1. The first-order valence-corrected chi connectivity index (χ1v) is 13.5. The summed E-state index contributed by atoms with van der Waals surface area (Å²) in [6, 6.07) is 25.6. The molecule has 0 aliphatic carbocycles. The third-order valence-electron chi connectivity index (χ3n) is 6.39. The van der Waals surface area contributed by atoms with Crippen LogP contribution in [0.3, 0.4) is 0 Å². The molecule has 0 aliphatic rings. The molecular formula is C31H27FN2O4S. The number of nitrogens with two attached hydrogens (primary N) is 1. The van der Waals surface area contributed by atoms with E-state index in [9.17, 15) is 22.7 Å². The van der Waals surface area contributed by atoms with Gasteiger partial charge in [0, 0.05) is 5.56 Å². The molecule has 0 heterocycles. The zero-order chi connectivity index (χ0) is 28.2. The van der Waals surface area contributed by atoms with Gasteiger partial charge in [0.1, 0.15) is 11.6 Å². The minimum absolute atomic E-state index is 0.00444. The summed E-state index contributed by atoms with van der Waals surface area (Å²) in [4.78, 5) is 11.2. The summed E-state index contributed by atoms with van der Waals surface area (Å²) in [5.74, 6) is -1.52. The van der Waals surface area contributed by atoms with E-state index in [0.29, 0.717) is 22.3 Å².